The lowest BCUT2D eigenvalue weighted by Gasteiger charge is -2.38. The molecule has 3 rings (SSSR count). The average Bonchev–Trinajstić information content (AvgIpc) is 2.62. The summed E-state index contributed by atoms with van der Waals surface area (Å²) in [7, 11) is 2.07. The summed E-state index contributed by atoms with van der Waals surface area (Å²) in [5, 5.41) is 8.11. The van der Waals surface area contributed by atoms with Crippen molar-refractivity contribution in [2.24, 2.45) is 5.92 Å². The van der Waals surface area contributed by atoms with Crippen LogP contribution >= 0.6 is 0 Å². The first kappa shape index (κ1) is 15.0. The highest BCUT2D eigenvalue weighted by molar-refractivity contribution is 5.79. The summed E-state index contributed by atoms with van der Waals surface area (Å²) in [6.07, 6.45) is 11.0. The third-order valence-corrected chi connectivity index (χ3v) is 4.86. The molecule has 0 unspecified atom stereocenters. The molecule has 0 saturated carbocycles. The van der Waals surface area contributed by atoms with Gasteiger partial charge >= 0.3 is 0 Å². The van der Waals surface area contributed by atoms with E-state index in [9.17, 15) is 4.79 Å². The van der Waals surface area contributed by atoms with E-state index < -0.39 is 0 Å². The number of carbonyl (C=O) groups is 1. The van der Waals surface area contributed by atoms with E-state index in [-0.39, 0.29) is 5.92 Å². The Balaban J connectivity index is 1.54. The van der Waals surface area contributed by atoms with Crippen LogP contribution in [0.25, 0.3) is 0 Å². The third kappa shape index (κ3) is 3.29. The van der Waals surface area contributed by atoms with Crippen LogP contribution in [0, 0.1) is 5.92 Å². The summed E-state index contributed by atoms with van der Waals surface area (Å²) in [6, 6.07) is 4.33. The standard InChI is InChI=1S/C17H24N4O/c1-20(16-8-5-11-18-19-16)15-9-12-21(13-10-15)17(22)14-6-3-2-4-7-14/h2-3,5,8,11,14-15H,4,6-7,9-10,12-13H2,1H3/t14-/m1/s1. The Hall–Kier alpha value is -1.91. The Morgan fingerprint density at radius 3 is 2.73 bits per heavy atom. The van der Waals surface area contributed by atoms with E-state index in [1.807, 2.05) is 12.1 Å². The SMILES string of the molecule is CN(c1cccnn1)C1CCN(C(=O)[C@@H]2CC=CCC2)CC1. The predicted molar refractivity (Wildman–Crippen MR) is 86.5 cm³/mol. The summed E-state index contributed by atoms with van der Waals surface area (Å²) >= 11 is 0. The molecule has 1 fully saturated rings. The molecule has 0 bridgehead atoms. The van der Waals surface area contributed by atoms with Crippen LogP contribution < -0.4 is 4.90 Å². The molecular weight excluding hydrogens is 276 g/mol. The Kier molecular flexibility index (Phi) is 4.71. The molecule has 22 heavy (non-hydrogen) atoms. The van der Waals surface area contributed by atoms with Gasteiger partial charge in [0.2, 0.25) is 5.91 Å². The number of likely N-dealkylation sites (tertiary alicyclic amines) is 1. The molecule has 2 heterocycles. The minimum atomic E-state index is 0.208. The lowest BCUT2D eigenvalue weighted by Crippen LogP contribution is -2.47. The van der Waals surface area contributed by atoms with Crippen molar-refractivity contribution in [3.63, 3.8) is 0 Å². The molecule has 1 aliphatic heterocycles. The first-order valence-electron chi connectivity index (χ1n) is 8.20. The van der Waals surface area contributed by atoms with Gasteiger partial charge in [0.05, 0.1) is 0 Å². The summed E-state index contributed by atoms with van der Waals surface area (Å²) in [5.74, 6) is 1.47. The Labute approximate surface area is 132 Å². The van der Waals surface area contributed by atoms with Crippen LogP contribution in [0.1, 0.15) is 32.1 Å². The topological polar surface area (TPSA) is 49.3 Å². The van der Waals surface area contributed by atoms with E-state index in [4.69, 9.17) is 0 Å². The van der Waals surface area contributed by atoms with Crippen molar-refractivity contribution >= 4 is 11.7 Å². The largest absolute Gasteiger partial charge is 0.355 e. The fourth-order valence-corrected chi connectivity index (χ4v) is 3.42. The summed E-state index contributed by atoms with van der Waals surface area (Å²) < 4.78 is 0. The van der Waals surface area contributed by atoms with Crippen LogP contribution in [0.15, 0.2) is 30.5 Å². The number of carbonyl (C=O) groups excluding carboxylic acids is 1. The summed E-state index contributed by atoms with van der Waals surface area (Å²) in [6.45, 7) is 1.71. The summed E-state index contributed by atoms with van der Waals surface area (Å²) in [4.78, 5) is 16.8. The molecule has 0 aromatic carbocycles. The molecule has 1 atom stereocenters. The predicted octanol–water partition coefficient (Wildman–Crippen LogP) is 2.26. The fraction of sp³-hybridized carbons (Fsp3) is 0.588. The zero-order chi connectivity index (χ0) is 15.4. The normalized spacial score (nSPS) is 22.6. The van der Waals surface area contributed by atoms with Gasteiger partial charge in [-0.3, -0.25) is 4.79 Å². The molecule has 1 saturated heterocycles. The number of hydrogen-bond donors (Lipinski definition) is 0. The van der Waals surface area contributed by atoms with Crippen LogP contribution in [0.4, 0.5) is 5.82 Å². The van der Waals surface area contributed by atoms with Crippen LogP contribution in [0.5, 0.6) is 0 Å². The van der Waals surface area contributed by atoms with Gasteiger partial charge in [-0.25, -0.2) is 0 Å². The number of hydrogen-bond acceptors (Lipinski definition) is 4. The summed E-state index contributed by atoms with van der Waals surface area (Å²) in [5.41, 5.74) is 0. The van der Waals surface area contributed by atoms with Crippen LogP contribution in [0.2, 0.25) is 0 Å². The maximum absolute atomic E-state index is 12.6. The quantitative estimate of drug-likeness (QED) is 0.804. The molecular formula is C17H24N4O. The number of rotatable bonds is 3. The van der Waals surface area contributed by atoms with E-state index in [1.54, 1.807) is 6.20 Å². The highest BCUT2D eigenvalue weighted by atomic mass is 16.2. The molecule has 0 radical (unpaired) electrons. The van der Waals surface area contributed by atoms with Crippen LogP contribution in [-0.2, 0) is 4.79 Å². The van der Waals surface area contributed by atoms with Gasteiger partial charge in [0, 0.05) is 38.3 Å². The maximum Gasteiger partial charge on any atom is 0.226 e. The first-order valence-corrected chi connectivity index (χ1v) is 8.20. The molecule has 1 aliphatic carbocycles. The average molecular weight is 300 g/mol. The molecule has 0 spiro atoms. The minimum absolute atomic E-state index is 0.208. The van der Waals surface area contributed by atoms with Crippen LogP contribution in [0.3, 0.4) is 0 Å². The third-order valence-electron chi connectivity index (χ3n) is 4.86. The van der Waals surface area contributed by atoms with E-state index in [1.165, 1.54) is 0 Å². The second kappa shape index (κ2) is 6.90. The van der Waals surface area contributed by atoms with Crippen molar-refractivity contribution in [3.05, 3.63) is 30.5 Å². The second-order valence-corrected chi connectivity index (χ2v) is 6.23. The molecule has 1 aromatic heterocycles. The first-order chi connectivity index (χ1) is 10.8. The molecule has 1 amide bonds. The number of amides is 1. The number of nitrogens with zero attached hydrogens (tertiary/aromatic N) is 4. The van der Waals surface area contributed by atoms with Crippen molar-refractivity contribution in [1.82, 2.24) is 15.1 Å². The van der Waals surface area contributed by atoms with E-state index in [0.29, 0.717) is 11.9 Å². The van der Waals surface area contributed by atoms with Gasteiger partial charge in [-0.05, 0) is 44.2 Å². The smallest absolute Gasteiger partial charge is 0.226 e. The second-order valence-electron chi connectivity index (χ2n) is 6.23. The monoisotopic (exact) mass is 300 g/mol. The van der Waals surface area contributed by atoms with E-state index >= 15 is 0 Å². The highest BCUT2D eigenvalue weighted by Gasteiger charge is 2.29. The van der Waals surface area contributed by atoms with Gasteiger partial charge in [-0.1, -0.05) is 12.2 Å². The Bertz CT molecular complexity index is 523. The molecule has 1 aromatic rings. The lowest BCUT2D eigenvalue weighted by atomic mass is 9.92. The zero-order valence-electron chi connectivity index (χ0n) is 13.2. The minimum Gasteiger partial charge on any atom is -0.355 e. The number of anilines is 1. The van der Waals surface area contributed by atoms with Gasteiger partial charge in [-0.15, -0.1) is 5.10 Å². The molecule has 5 heteroatoms. The van der Waals surface area contributed by atoms with Crippen molar-refractivity contribution in [2.75, 3.05) is 25.0 Å². The van der Waals surface area contributed by atoms with Crippen LogP contribution in [-0.4, -0.2) is 47.2 Å². The zero-order valence-corrected chi connectivity index (χ0v) is 13.2. The van der Waals surface area contributed by atoms with Crippen molar-refractivity contribution in [1.29, 1.82) is 0 Å². The van der Waals surface area contributed by atoms with Crippen molar-refractivity contribution < 1.29 is 4.79 Å². The van der Waals surface area contributed by atoms with E-state index in [2.05, 4.69) is 39.2 Å². The number of aromatic nitrogens is 2. The number of allylic oxidation sites excluding steroid dienone is 2. The van der Waals surface area contributed by atoms with Gasteiger partial charge < -0.3 is 9.80 Å². The maximum atomic E-state index is 12.6. The lowest BCUT2D eigenvalue weighted by molar-refractivity contribution is -0.136. The van der Waals surface area contributed by atoms with E-state index in [0.717, 1.165) is 51.0 Å². The highest BCUT2D eigenvalue weighted by Crippen LogP contribution is 2.24. The van der Waals surface area contributed by atoms with Crippen molar-refractivity contribution in [2.45, 2.75) is 38.1 Å². The van der Waals surface area contributed by atoms with Gasteiger partial charge in [-0.2, -0.15) is 5.10 Å². The molecule has 0 N–H and O–H groups in total. The Morgan fingerprint density at radius 2 is 2.09 bits per heavy atom. The fourth-order valence-electron chi connectivity index (χ4n) is 3.42. The number of piperidine rings is 1. The van der Waals surface area contributed by atoms with Gasteiger partial charge in [0.25, 0.3) is 0 Å². The van der Waals surface area contributed by atoms with Gasteiger partial charge in [0.1, 0.15) is 0 Å². The van der Waals surface area contributed by atoms with Crippen molar-refractivity contribution in [3.8, 4) is 0 Å². The van der Waals surface area contributed by atoms with Gasteiger partial charge in [0.15, 0.2) is 5.82 Å². The Morgan fingerprint density at radius 1 is 1.27 bits per heavy atom. The molecule has 2 aliphatic rings. The molecule has 5 nitrogen and oxygen atoms in total. The molecule has 118 valence electrons.